The number of rotatable bonds is 9. The van der Waals surface area contributed by atoms with Crippen LogP contribution in [0.25, 0.3) is 0 Å². The van der Waals surface area contributed by atoms with Crippen molar-refractivity contribution in [1.82, 2.24) is 14.9 Å². The maximum atomic E-state index is 9.10. The number of benzene rings is 2. The largest absolute Gasteiger partial charge is 0.473 e. The quantitative estimate of drug-likeness (QED) is 0.315. The second kappa shape index (κ2) is 14.9. The molecule has 0 amide bonds. The van der Waals surface area contributed by atoms with Crippen LogP contribution in [0.2, 0.25) is 5.02 Å². The van der Waals surface area contributed by atoms with Crippen LogP contribution in [0.4, 0.5) is 5.95 Å². The Labute approximate surface area is 221 Å². The summed E-state index contributed by atoms with van der Waals surface area (Å²) in [6.07, 6.45) is 5.72. The molecule has 2 aromatic carbocycles. The first-order valence-corrected chi connectivity index (χ1v) is 12.4. The molecule has 1 unspecified atom stereocenters. The molecule has 4 rings (SSSR count). The summed E-state index contributed by atoms with van der Waals surface area (Å²) in [7, 11) is 0. The number of carboxylic acids is 2. The van der Waals surface area contributed by atoms with E-state index in [4.69, 9.17) is 36.1 Å². The van der Waals surface area contributed by atoms with Crippen LogP contribution in [-0.4, -0.2) is 76.4 Å². The summed E-state index contributed by atoms with van der Waals surface area (Å²) in [5.74, 6) is -2.81. The van der Waals surface area contributed by atoms with Crippen LogP contribution >= 0.6 is 11.6 Å². The molecule has 1 aromatic heterocycles. The summed E-state index contributed by atoms with van der Waals surface area (Å²) in [4.78, 5) is 31.7. The first-order chi connectivity index (χ1) is 17.9. The second-order valence-electron chi connectivity index (χ2n) is 8.41. The van der Waals surface area contributed by atoms with E-state index in [1.807, 2.05) is 24.3 Å². The van der Waals surface area contributed by atoms with Gasteiger partial charge in [-0.3, -0.25) is 4.90 Å². The highest BCUT2D eigenvalue weighted by Gasteiger charge is 2.18. The number of halogens is 1. The van der Waals surface area contributed by atoms with Crippen molar-refractivity contribution in [3.63, 3.8) is 0 Å². The van der Waals surface area contributed by atoms with Crippen LogP contribution in [0, 0.1) is 0 Å². The van der Waals surface area contributed by atoms with Gasteiger partial charge in [0.05, 0.1) is 0 Å². The fourth-order valence-corrected chi connectivity index (χ4v) is 4.04. The predicted molar refractivity (Wildman–Crippen MR) is 141 cm³/mol. The highest BCUT2D eigenvalue weighted by molar-refractivity contribution is 6.30. The summed E-state index contributed by atoms with van der Waals surface area (Å²) in [6, 6.07) is 20.2. The zero-order valence-electron chi connectivity index (χ0n) is 20.4. The van der Waals surface area contributed by atoms with Crippen LogP contribution in [-0.2, 0) is 14.3 Å². The topological polar surface area (TPSA) is 116 Å². The molecule has 1 fully saturated rings. The van der Waals surface area contributed by atoms with E-state index in [1.54, 1.807) is 12.4 Å². The molecule has 9 nitrogen and oxygen atoms in total. The molecule has 0 spiro atoms. The molecular weight excluding hydrogens is 496 g/mol. The lowest BCUT2D eigenvalue weighted by Gasteiger charge is -2.34. The minimum Gasteiger partial charge on any atom is -0.473 e. The molecule has 2 heterocycles. The predicted octanol–water partition coefficient (Wildman–Crippen LogP) is 3.99. The molecular formula is C27H31ClN4O5. The van der Waals surface area contributed by atoms with Gasteiger partial charge in [-0.1, -0.05) is 54.1 Å². The molecule has 1 saturated heterocycles. The van der Waals surface area contributed by atoms with Crippen molar-refractivity contribution in [1.29, 1.82) is 0 Å². The van der Waals surface area contributed by atoms with Gasteiger partial charge in [0.1, 0.15) is 6.10 Å². The molecule has 0 bridgehead atoms. The van der Waals surface area contributed by atoms with Crippen molar-refractivity contribution in [2.75, 3.05) is 44.2 Å². The van der Waals surface area contributed by atoms with Gasteiger partial charge in [-0.25, -0.2) is 19.6 Å². The lowest BCUT2D eigenvalue weighted by atomic mass is 10.0. The van der Waals surface area contributed by atoms with Crippen LogP contribution in [0.1, 0.15) is 30.1 Å². The van der Waals surface area contributed by atoms with Crippen molar-refractivity contribution in [2.45, 2.75) is 18.9 Å². The minimum atomic E-state index is -1.82. The van der Waals surface area contributed by atoms with Gasteiger partial charge in [-0.2, -0.15) is 0 Å². The highest BCUT2D eigenvalue weighted by atomic mass is 35.5. The lowest BCUT2D eigenvalue weighted by Crippen LogP contribution is -2.47. The fraction of sp³-hybridized carbons (Fsp3) is 0.333. The van der Waals surface area contributed by atoms with Crippen molar-refractivity contribution < 1.29 is 24.5 Å². The first-order valence-electron chi connectivity index (χ1n) is 12.1. The van der Waals surface area contributed by atoms with Crippen molar-refractivity contribution in [3.05, 3.63) is 89.2 Å². The average molecular weight is 527 g/mol. The Morgan fingerprint density at radius 2 is 1.43 bits per heavy atom. The van der Waals surface area contributed by atoms with E-state index in [9.17, 15) is 0 Å². The number of piperazine rings is 1. The number of ether oxygens (including phenoxy) is 1. The van der Waals surface area contributed by atoms with Gasteiger partial charge in [0.25, 0.3) is 0 Å². The Hall–Kier alpha value is -3.53. The first kappa shape index (κ1) is 28.0. The summed E-state index contributed by atoms with van der Waals surface area (Å²) >= 11 is 6.07. The molecule has 10 heteroatoms. The lowest BCUT2D eigenvalue weighted by molar-refractivity contribution is -0.159. The standard InChI is InChI=1S/C25H29ClN4O.C2H2O4/c26-23-11-9-22(10-12-23)24(21-7-2-1-3-8-21)31-20-5-4-15-29-16-18-30(19-17-29)25-27-13-6-14-28-25;3-1(4)2(5)6/h1-3,6-14,24H,4-5,15-20H2;(H,3,4)(H,5,6). The zero-order valence-corrected chi connectivity index (χ0v) is 21.2. The van der Waals surface area contributed by atoms with Gasteiger partial charge in [0, 0.05) is 50.2 Å². The number of carboxylic acid groups (broad SMARTS) is 2. The van der Waals surface area contributed by atoms with Crippen LogP contribution < -0.4 is 4.90 Å². The van der Waals surface area contributed by atoms with Gasteiger partial charge in [0.2, 0.25) is 5.95 Å². The van der Waals surface area contributed by atoms with Crippen molar-refractivity contribution in [3.8, 4) is 0 Å². The molecule has 0 aliphatic carbocycles. The van der Waals surface area contributed by atoms with Crippen LogP contribution in [0.15, 0.2) is 73.1 Å². The zero-order chi connectivity index (χ0) is 26.5. The third-order valence-electron chi connectivity index (χ3n) is 5.82. The summed E-state index contributed by atoms with van der Waals surface area (Å²) in [5.41, 5.74) is 2.30. The monoisotopic (exact) mass is 526 g/mol. The number of hydrogen-bond donors (Lipinski definition) is 2. The molecule has 2 N–H and O–H groups in total. The third kappa shape index (κ3) is 9.45. The molecule has 0 radical (unpaired) electrons. The number of carbonyl (C=O) groups is 2. The van der Waals surface area contributed by atoms with Gasteiger partial charge in [-0.05, 0) is 48.7 Å². The Kier molecular flexibility index (Phi) is 11.3. The van der Waals surface area contributed by atoms with E-state index < -0.39 is 11.9 Å². The van der Waals surface area contributed by atoms with Crippen LogP contribution in [0.5, 0.6) is 0 Å². The molecule has 3 aromatic rings. The summed E-state index contributed by atoms with van der Waals surface area (Å²) < 4.78 is 6.33. The minimum absolute atomic E-state index is 0.0621. The number of anilines is 1. The number of unbranched alkanes of at least 4 members (excludes halogenated alkanes) is 1. The van der Waals surface area contributed by atoms with E-state index in [0.29, 0.717) is 0 Å². The third-order valence-corrected chi connectivity index (χ3v) is 6.07. The van der Waals surface area contributed by atoms with Gasteiger partial charge >= 0.3 is 11.9 Å². The Morgan fingerprint density at radius 3 is 2.03 bits per heavy atom. The summed E-state index contributed by atoms with van der Waals surface area (Å²) in [5, 5.41) is 15.5. The number of hydrogen-bond acceptors (Lipinski definition) is 7. The Balaban J connectivity index is 0.000000568. The van der Waals surface area contributed by atoms with Gasteiger partial charge in [0.15, 0.2) is 0 Å². The average Bonchev–Trinajstić information content (AvgIpc) is 2.93. The van der Waals surface area contributed by atoms with E-state index in [-0.39, 0.29) is 6.10 Å². The molecule has 37 heavy (non-hydrogen) atoms. The maximum absolute atomic E-state index is 9.10. The molecule has 1 aliphatic rings. The van der Waals surface area contributed by atoms with Gasteiger partial charge < -0.3 is 19.8 Å². The Bertz CT molecular complexity index is 1080. The van der Waals surface area contributed by atoms with E-state index in [0.717, 1.165) is 68.7 Å². The van der Waals surface area contributed by atoms with E-state index in [1.165, 1.54) is 5.56 Å². The SMILES string of the molecule is Clc1ccc(C(OCCCCN2CCN(c3ncccn3)CC2)c2ccccc2)cc1.O=C(O)C(=O)O. The van der Waals surface area contributed by atoms with E-state index >= 15 is 0 Å². The normalized spacial score (nSPS) is 14.4. The van der Waals surface area contributed by atoms with E-state index in [2.05, 4.69) is 56.2 Å². The van der Waals surface area contributed by atoms with Crippen molar-refractivity contribution in [2.24, 2.45) is 0 Å². The van der Waals surface area contributed by atoms with Gasteiger partial charge in [-0.15, -0.1) is 0 Å². The Morgan fingerprint density at radius 1 is 0.838 bits per heavy atom. The smallest absolute Gasteiger partial charge is 0.414 e. The molecule has 1 aliphatic heterocycles. The maximum Gasteiger partial charge on any atom is 0.414 e. The molecule has 0 saturated carbocycles. The second-order valence-corrected chi connectivity index (χ2v) is 8.84. The highest BCUT2D eigenvalue weighted by Crippen LogP contribution is 2.27. The van der Waals surface area contributed by atoms with Crippen LogP contribution in [0.3, 0.4) is 0 Å². The molecule has 196 valence electrons. The molecule has 1 atom stereocenters. The summed E-state index contributed by atoms with van der Waals surface area (Å²) in [6.45, 7) is 5.90. The number of nitrogens with zero attached hydrogens (tertiary/aromatic N) is 4. The number of aromatic nitrogens is 2. The fourth-order valence-electron chi connectivity index (χ4n) is 3.91. The van der Waals surface area contributed by atoms with Crippen molar-refractivity contribution >= 4 is 29.5 Å². The number of aliphatic carboxylic acids is 2.